The topological polar surface area (TPSA) is 64.6 Å². The molecule has 1 fully saturated rings. The first-order valence-electron chi connectivity index (χ1n) is 6.75. The molecule has 0 amide bonds. The zero-order valence-electron chi connectivity index (χ0n) is 12.2. The van der Waals surface area contributed by atoms with Gasteiger partial charge in [-0.25, -0.2) is 13.1 Å². The average Bonchev–Trinajstić information content (AvgIpc) is 3.24. The standard InChI is InChI=1S/C14H20BrNO4S/c1-19-8-7-14(5-6-14)10-16-21(17,18)11-3-4-13(20-2)12(15)9-11/h3-4,9,16H,5-8,10H2,1-2H3. The SMILES string of the molecule is COCCC1(CNS(=O)(=O)c2ccc(OC)c(Br)c2)CC1. The Bertz CT molecular complexity index is 599. The fourth-order valence-electron chi connectivity index (χ4n) is 2.16. The molecule has 0 saturated heterocycles. The number of methoxy groups -OCH3 is 2. The summed E-state index contributed by atoms with van der Waals surface area (Å²) in [6.45, 7) is 1.12. The summed E-state index contributed by atoms with van der Waals surface area (Å²) in [6, 6.07) is 4.73. The third-order valence-corrected chi connectivity index (χ3v) is 5.88. The Labute approximate surface area is 134 Å². The molecule has 0 heterocycles. The summed E-state index contributed by atoms with van der Waals surface area (Å²) >= 11 is 3.30. The van der Waals surface area contributed by atoms with Crippen LogP contribution < -0.4 is 9.46 Å². The fourth-order valence-corrected chi connectivity index (χ4v) is 4.03. The van der Waals surface area contributed by atoms with Crippen molar-refractivity contribution in [3.63, 3.8) is 0 Å². The fraction of sp³-hybridized carbons (Fsp3) is 0.571. The van der Waals surface area contributed by atoms with Crippen molar-refractivity contribution in [3.8, 4) is 5.75 Å². The van der Waals surface area contributed by atoms with Gasteiger partial charge in [0.05, 0.1) is 16.5 Å². The maximum absolute atomic E-state index is 12.3. The molecule has 1 aliphatic rings. The predicted molar refractivity (Wildman–Crippen MR) is 84.0 cm³/mol. The highest BCUT2D eigenvalue weighted by atomic mass is 79.9. The van der Waals surface area contributed by atoms with Crippen molar-refractivity contribution in [2.24, 2.45) is 5.41 Å². The molecular formula is C14H20BrNO4S. The molecule has 1 aromatic carbocycles. The summed E-state index contributed by atoms with van der Waals surface area (Å²) in [5, 5.41) is 0. The van der Waals surface area contributed by atoms with Gasteiger partial charge in [0, 0.05) is 20.3 Å². The molecule has 0 bridgehead atoms. The Morgan fingerprint density at radius 2 is 2.05 bits per heavy atom. The Kier molecular flexibility index (Phi) is 5.29. The van der Waals surface area contributed by atoms with Gasteiger partial charge < -0.3 is 9.47 Å². The molecule has 5 nitrogen and oxygen atoms in total. The van der Waals surface area contributed by atoms with Gasteiger partial charge in [-0.2, -0.15) is 0 Å². The maximum atomic E-state index is 12.3. The molecule has 1 N–H and O–H groups in total. The largest absolute Gasteiger partial charge is 0.496 e. The molecule has 0 atom stereocenters. The second-order valence-corrected chi connectivity index (χ2v) is 7.98. The van der Waals surface area contributed by atoms with Crippen molar-refractivity contribution >= 4 is 26.0 Å². The van der Waals surface area contributed by atoms with Crippen LogP contribution >= 0.6 is 15.9 Å². The van der Waals surface area contributed by atoms with Crippen molar-refractivity contribution in [1.82, 2.24) is 4.72 Å². The number of hydrogen-bond donors (Lipinski definition) is 1. The van der Waals surface area contributed by atoms with Gasteiger partial charge in [-0.3, -0.25) is 0 Å². The van der Waals surface area contributed by atoms with Gasteiger partial charge in [0.2, 0.25) is 10.0 Å². The van der Waals surface area contributed by atoms with Gasteiger partial charge in [-0.1, -0.05) is 0 Å². The average molecular weight is 378 g/mol. The molecule has 0 aliphatic heterocycles. The maximum Gasteiger partial charge on any atom is 0.240 e. The van der Waals surface area contributed by atoms with Crippen LogP contribution in [-0.2, 0) is 14.8 Å². The van der Waals surface area contributed by atoms with Crippen LogP contribution in [0.1, 0.15) is 19.3 Å². The lowest BCUT2D eigenvalue weighted by Gasteiger charge is -2.16. The minimum atomic E-state index is -3.50. The second kappa shape index (κ2) is 6.64. The van der Waals surface area contributed by atoms with Crippen LogP contribution in [0.25, 0.3) is 0 Å². The van der Waals surface area contributed by atoms with E-state index in [-0.39, 0.29) is 10.3 Å². The van der Waals surface area contributed by atoms with Crippen molar-refractivity contribution in [2.75, 3.05) is 27.4 Å². The molecule has 1 saturated carbocycles. The summed E-state index contributed by atoms with van der Waals surface area (Å²) in [6.07, 6.45) is 2.98. The van der Waals surface area contributed by atoms with E-state index in [9.17, 15) is 8.42 Å². The van der Waals surface area contributed by atoms with Gasteiger partial charge in [-0.05, 0) is 58.8 Å². The molecule has 1 aliphatic carbocycles. The zero-order valence-corrected chi connectivity index (χ0v) is 14.6. The highest BCUT2D eigenvalue weighted by Gasteiger charge is 2.42. The molecular weight excluding hydrogens is 358 g/mol. The van der Waals surface area contributed by atoms with E-state index in [0.29, 0.717) is 23.4 Å². The van der Waals surface area contributed by atoms with E-state index >= 15 is 0 Å². The van der Waals surface area contributed by atoms with Crippen molar-refractivity contribution in [3.05, 3.63) is 22.7 Å². The highest BCUT2D eigenvalue weighted by molar-refractivity contribution is 9.10. The third-order valence-electron chi connectivity index (χ3n) is 3.86. The smallest absolute Gasteiger partial charge is 0.240 e. The first kappa shape index (κ1) is 16.7. The number of benzene rings is 1. The number of nitrogens with one attached hydrogen (secondary N) is 1. The minimum Gasteiger partial charge on any atom is -0.496 e. The first-order valence-corrected chi connectivity index (χ1v) is 9.02. The van der Waals surface area contributed by atoms with Crippen molar-refractivity contribution in [1.29, 1.82) is 0 Å². The Hall–Kier alpha value is -0.630. The lowest BCUT2D eigenvalue weighted by molar-refractivity contribution is 0.173. The summed E-state index contributed by atoms with van der Waals surface area (Å²) < 4.78 is 38.2. The Morgan fingerprint density at radius 1 is 1.33 bits per heavy atom. The van der Waals surface area contributed by atoms with Crippen LogP contribution in [-0.4, -0.2) is 35.8 Å². The molecule has 21 heavy (non-hydrogen) atoms. The molecule has 7 heteroatoms. The van der Waals surface area contributed by atoms with Crippen LogP contribution in [0.3, 0.4) is 0 Å². The number of halogens is 1. The van der Waals surface area contributed by atoms with E-state index in [4.69, 9.17) is 9.47 Å². The molecule has 0 spiro atoms. The highest BCUT2D eigenvalue weighted by Crippen LogP contribution is 2.48. The van der Waals surface area contributed by atoms with Gasteiger partial charge in [0.15, 0.2) is 0 Å². The van der Waals surface area contributed by atoms with Crippen LogP contribution in [0.5, 0.6) is 5.75 Å². The van der Waals surface area contributed by atoms with Crippen molar-refractivity contribution < 1.29 is 17.9 Å². The molecule has 2 rings (SSSR count). The molecule has 0 unspecified atom stereocenters. The summed E-state index contributed by atoms with van der Waals surface area (Å²) in [4.78, 5) is 0.234. The quantitative estimate of drug-likeness (QED) is 0.755. The van der Waals surface area contributed by atoms with E-state index in [1.165, 1.54) is 0 Å². The van der Waals surface area contributed by atoms with Crippen LogP contribution in [0, 0.1) is 5.41 Å². The predicted octanol–water partition coefficient (Wildman–Crippen LogP) is 2.55. The van der Waals surface area contributed by atoms with Crippen LogP contribution in [0.15, 0.2) is 27.6 Å². The number of hydrogen-bond acceptors (Lipinski definition) is 4. The Morgan fingerprint density at radius 3 is 2.57 bits per heavy atom. The van der Waals surface area contributed by atoms with Crippen LogP contribution in [0.4, 0.5) is 0 Å². The van der Waals surface area contributed by atoms with E-state index in [0.717, 1.165) is 19.3 Å². The normalized spacial score (nSPS) is 16.7. The second-order valence-electron chi connectivity index (χ2n) is 5.36. The summed E-state index contributed by atoms with van der Waals surface area (Å²) in [7, 11) is -0.300. The number of rotatable bonds is 8. The molecule has 118 valence electrons. The lowest BCUT2D eigenvalue weighted by Crippen LogP contribution is -2.31. The lowest BCUT2D eigenvalue weighted by atomic mass is 10.0. The zero-order chi connectivity index (χ0) is 15.5. The molecule has 0 aromatic heterocycles. The number of sulfonamides is 1. The van der Waals surface area contributed by atoms with Crippen LogP contribution in [0.2, 0.25) is 0 Å². The number of ether oxygens (including phenoxy) is 2. The monoisotopic (exact) mass is 377 g/mol. The summed E-state index contributed by atoms with van der Waals surface area (Å²) in [5.41, 5.74) is 0.0762. The van der Waals surface area contributed by atoms with E-state index in [1.807, 2.05) is 0 Å². The molecule has 0 radical (unpaired) electrons. The molecule has 1 aromatic rings. The van der Waals surface area contributed by atoms with Gasteiger partial charge in [0.25, 0.3) is 0 Å². The van der Waals surface area contributed by atoms with E-state index < -0.39 is 10.0 Å². The Balaban J connectivity index is 2.03. The first-order chi connectivity index (χ1) is 9.92. The third kappa shape index (κ3) is 4.18. The van der Waals surface area contributed by atoms with E-state index in [1.54, 1.807) is 32.4 Å². The minimum absolute atomic E-state index is 0.0762. The van der Waals surface area contributed by atoms with Gasteiger partial charge in [0.1, 0.15) is 5.75 Å². The summed E-state index contributed by atoms with van der Waals surface area (Å²) in [5.74, 6) is 0.604. The van der Waals surface area contributed by atoms with Gasteiger partial charge in [-0.15, -0.1) is 0 Å². The van der Waals surface area contributed by atoms with Gasteiger partial charge >= 0.3 is 0 Å². The van der Waals surface area contributed by atoms with Crippen molar-refractivity contribution in [2.45, 2.75) is 24.2 Å². The van der Waals surface area contributed by atoms with E-state index in [2.05, 4.69) is 20.7 Å².